The van der Waals surface area contributed by atoms with Crippen molar-refractivity contribution < 1.29 is 13.2 Å². The third-order valence-electron chi connectivity index (χ3n) is 4.09. The highest BCUT2D eigenvalue weighted by molar-refractivity contribution is 7.92. The highest BCUT2D eigenvalue weighted by Gasteiger charge is 2.16. The molecule has 0 spiro atoms. The number of carbonyl (C=O) groups excluding carboxylic acids is 1. The monoisotopic (exact) mass is 414 g/mol. The van der Waals surface area contributed by atoms with Crippen molar-refractivity contribution in [3.63, 3.8) is 0 Å². The summed E-state index contributed by atoms with van der Waals surface area (Å²) in [7, 11) is -3.77. The number of carbonyl (C=O) groups is 1. The number of hydrogen-bond acceptors (Lipinski definition) is 3. The van der Waals surface area contributed by atoms with Crippen molar-refractivity contribution in [3.8, 4) is 0 Å². The molecule has 5 nitrogen and oxygen atoms in total. The maximum Gasteiger partial charge on any atom is 0.261 e. The number of halogens is 1. The van der Waals surface area contributed by atoms with Gasteiger partial charge in [-0.25, -0.2) is 8.42 Å². The molecule has 144 valence electrons. The first-order valence-corrected chi connectivity index (χ1v) is 10.4. The number of aryl methyl sites for hydroxylation is 1. The van der Waals surface area contributed by atoms with Gasteiger partial charge in [-0.2, -0.15) is 0 Å². The van der Waals surface area contributed by atoms with Crippen LogP contribution in [0.25, 0.3) is 0 Å². The van der Waals surface area contributed by atoms with Gasteiger partial charge in [0.2, 0.25) is 0 Å². The lowest BCUT2D eigenvalue weighted by Gasteiger charge is -2.11. The van der Waals surface area contributed by atoms with E-state index in [1.807, 2.05) is 37.3 Å². The standard InChI is InChI=1S/C21H19ClN2O3S/c1-15-7-10-18(11-8-15)28(26,27)24-17-9-12-20(22)19(13-17)21(25)23-14-16-5-3-2-4-6-16/h2-13,24H,14H2,1H3,(H,23,25). The molecule has 2 N–H and O–H groups in total. The van der Waals surface area contributed by atoms with Crippen LogP contribution in [0.15, 0.2) is 77.7 Å². The molecule has 0 heterocycles. The summed E-state index contributed by atoms with van der Waals surface area (Å²) in [5.74, 6) is -0.384. The largest absolute Gasteiger partial charge is 0.348 e. The Bertz CT molecular complexity index is 1080. The van der Waals surface area contributed by atoms with Crippen molar-refractivity contribution in [3.05, 3.63) is 94.5 Å². The van der Waals surface area contributed by atoms with Gasteiger partial charge < -0.3 is 5.32 Å². The van der Waals surface area contributed by atoms with E-state index in [0.29, 0.717) is 6.54 Å². The average molecular weight is 415 g/mol. The summed E-state index contributed by atoms with van der Waals surface area (Å²) < 4.78 is 27.6. The average Bonchev–Trinajstić information content (AvgIpc) is 2.68. The van der Waals surface area contributed by atoms with Gasteiger partial charge in [0.05, 0.1) is 15.5 Å². The first-order chi connectivity index (χ1) is 13.3. The van der Waals surface area contributed by atoms with Crippen molar-refractivity contribution >= 4 is 33.2 Å². The molecule has 3 aromatic rings. The minimum Gasteiger partial charge on any atom is -0.348 e. The van der Waals surface area contributed by atoms with Gasteiger partial charge in [0.25, 0.3) is 15.9 Å². The molecule has 3 aromatic carbocycles. The molecule has 0 aliphatic rings. The number of benzene rings is 3. The molecule has 0 aliphatic heterocycles. The van der Waals surface area contributed by atoms with Crippen LogP contribution in [-0.2, 0) is 16.6 Å². The maximum absolute atomic E-state index is 12.5. The highest BCUT2D eigenvalue weighted by Crippen LogP contribution is 2.23. The summed E-state index contributed by atoms with van der Waals surface area (Å²) >= 11 is 6.14. The molecule has 0 saturated carbocycles. The summed E-state index contributed by atoms with van der Waals surface area (Å²) in [4.78, 5) is 12.6. The van der Waals surface area contributed by atoms with Crippen LogP contribution in [0, 0.1) is 6.92 Å². The zero-order chi connectivity index (χ0) is 20.1. The Morgan fingerprint density at radius 2 is 1.64 bits per heavy atom. The number of anilines is 1. The van der Waals surface area contributed by atoms with Crippen molar-refractivity contribution in [2.45, 2.75) is 18.4 Å². The predicted octanol–water partition coefficient (Wildman–Crippen LogP) is 4.38. The van der Waals surface area contributed by atoms with Crippen LogP contribution in [-0.4, -0.2) is 14.3 Å². The lowest BCUT2D eigenvalue weighted by Crippen LogP contribution is -2.23. The van der Waals surface area contributed by atoms with Crippen LogP contribution in [0.4, 0.5) is 5.69 Å². The first kappa shape index (κ1) is 19.9. The van der Waals surface area contributed by atoms with Crippen molar-refractivity contribution in [1.29, 1.82) is 0 Å². The molecule has 0 saturated heterocycles. The predicted molar refractivity (Wildman–Crippen MR) is 111 cm³/mol. The molecule has 0 bridgehead atoms. The summed E-state index contributed by atoms with van der Waals surface area (Å²) in [5.41, 5.74) is 2.36. The third kappa shape index (κ3) is 4.91. The van der Waals surface area contributed by atoms with Crippen LogP contribution >= 0.6 is 11.6 Å². The van der Waals surface area contributed by atoms with E-state index in [-0.39, 0.29) is 27.1 Å². The third-order valence-corrected chi connectivity index (χ3v) is 5.82. The van der Waals surface area contributed by atoms with Gasteiger partial charge in [-0.15, -0.1) is 0 Å². The van der Waals surface area contributed by atoms with Gasteiger partial charge >= 0.3 is 0 Å². The maximum atomic E-state index is 12.5. The molecule has 1 amide bonds. The normalized spacial score (nSPS) is 11.1. The zero-order valence-electron chi connectivity index (χ0n) is 15.1. The Morgan fingerprint density at radius 1 is 0.964 bits per heavy atom. The second-order valence-corrected chi connectivity index (χ2v) is 8.37. The van der Waals surface area contributed by atoms with Gasteiger partial charge in [-0.05, 0) is 42.8 Å². The molecule has 0 radical (unpaired) electrons. The topological polar surface area (TPSA) is 75.3 Å². The Morgan fingerprint density at radius 3 is 2.32 bits per heavy atom. The lowest BCUT2D eigenvalue weighted by atomic mass is 10.1. The van der Waals surface area contributed by atoms with Crippen molar-refractivity contribution in [2.24, 2.45) is 0 Å². The van der Waals surface area contributed by atoms with Crippen LogP contribution in [0.1, 0.15) is 21.5 Å². The minimum absolute atomic E-state index is 0.142. The molecular weight excluding hydrogens is 396 g/mol. The minimum atomic E-state index is -3.77. The molecule has 0 fully saturated rings. The van der Waals surface area contributed by atoms with E-state index in [1.165, 1.54) is 30.3 Å². The van der Waals surface area contributed by atoms with Gasteiger partial charge in [0, 0.05) is 12.2 Å². The van der Waals surface area contributed by atoms with Crippen molar-refractivity contribution in [1.82, 2.24) is 5.32 Å². The second kappa shape index (κ2) is 8.46. The van der Waals surface area contributed by atoms with E-state index in [2.05, 4.69) is 10.0 Å². The van der Waals surface area contributed by atoms with E-state index < -0.39 is 10.0 Å². The first-order valence-electron chi connectivity index (χ1n) is 8.56. The van der Waals surface area contributed by atoms with E-state index in [1.54, 1.807) is 12.1 Å². The summed E-state index contributed by atoms with van der Waals surface area (Å²) in [6, 6.07) is 20.4. The fraction of sp³-hybridized carbons (Fsp3) is 0.0952. The zero-order valence-corrected chi connectivity index (χ0v) is 16.7. The van der Waals surface area contributed by atoms with Gasteiger partial charge in [-0.1, -0.05) is 59.6 Å². The molecule has 7 heteroatoms. The number of hydrogen-bond donors (Lipinski definition) is 2. The molecule has 0 atom stereocenters. The molecule has 3 rings (SSSR count). The Kier molecular flexibility index (Phi) is 6.02. The fourth-order valence-corrected chi connectivity index (χ4v) is 3.82. The van der Waals surface area contributed by atoms with Crippen LogP contribution < -0.4 is 10.0 Å². The van der Waals surface area contributed by atoms with E-state index in [0.717, 1.165) is 11.1 Å². The van der Waals surface area contributed by atoms with Crippen LogP contribution in [0.2, 0.25) is 5.02 Å². The second-order valence-electron chi connectivity index (χ2n) is 6.28. The molecule has 28 heavy (non-hydrogen) atoms. The van der Waals surface area contributed by atoms with E-state index in [4.69, 9.17) is 11.6 Å². The van der Waals surface area contributed by atoms with Gasteiger partial charge in [0.15, 0.2) is 0 Å². The smallest absolute Gasteiger partial charge is 0.261 e. The molecule has 0 unspecified atom stereocenters. The fourth-order valence-electron chi connectivity index (χ4n) is 2.57. The summed E-state index contributed by atoms with van der Waals surface area (Å²) in [6.45, 7) is 2.22. The quantitative estimate of drug-likeness (QED) is 0.628. The Balaban J connectivity index is 1.77. The Labute approximate surface area is 169 Å². The van der Waals surface area contributed by atoms with E-state index >= 15 is 0 Å². The number of sulfonamides is 1. The van der Waals surface area contributed by atoms with Crippen molar-refractivity contribution in [2.75, 3.05) is 4.72 Å². The number of rotatable bonds is 6. The Hall–Kier alpha value is -2.83. The van der Waals surface area contributed by atoms with Gasteiger partial charge in [-0.3, -0.25) is 9.52 Å². The summed E-state index contributed by atoms with van der Waals surface area (Å²) in [6.07, 6.45) is 0. The van der Waals surface area contributed by atoms with Gasteiger partial charge in [0.1, 0.15) is 0 Å². The SMILES string of the molecule is Cc1ccc(S(=O)(=O)Nc2ccc(Cl)c(C(=O)NCc3ccccc3)c2)cc1. The molecular formula is C21H19ClN2O3S. The van der Waals surface area contributed by atoms with Crippen LogP contribution in [0.3, 0.4) is 0 Å². The molecule has 0 aromatic heterocycles. The van der Waals surface area contributed by atoms with Crippen LogP contribution in [0.5, 0.6) is 0 Å². The van der Waals surface area contributed by atoms with E-state index in [9.17, 15) is 13.2 Å². The molecule has 0 aliphatic carbocycles. The summed E-state index contributed by atoms with van der Waals surface area (Å²) in [5, 5.41) is 3.02. The highest BCUT2D eigenvalue weighted by atomic mass is 35.5. The number of amides is 1. The lowest BCUT2D eigenvalue weighted by molar-refractivity contribution is 0.0951. The number of nitrogens with one attached hydrogen (secondary N) is 2.